The van der Waals surface area contributed by atoms with Crippen LogP contribution in [0.1, 0.15) is 36.8 Å². The summed E-state index contributed by atoms with van der Waals surface area (Å²) in [5.41, 5.74) is 9.22. The molecule has 0 aliphatic heterocycles. The molecule has 0 radical (unpaired) electrons. The normalized spacial score (nSPS) is 28.6. The molecule has 1 saturated carbocycles. The number of hydrogen-bond acceptors (Lipinski definition) is 2. The van der Waals surface area contributed by atoms with Crippen LogP contribution in [-0.4, -0.2) is 31.6 Å². The van der Waals surface area contributed by atoms with E-state index >= 15 is 0 Å². The van der Waals surface area contributed by atoms with Crippen molar-refractivity contribution >= 4 is 0 Å². The Balaban J connectivity index is 2.27. The molecule has 18 heavy (non-hydrogen) atoms. The molecule has 1 aliphatic carbocycles. The molecule has 2 nitrogen and oxygen atoms in total. The minimum Gasteiger partial charge on any atom is -0.328 e. The van der Waals surface area contributed by atoms with Crippen LogP contribution in [0, 0.1) is 6.92 Å². The highest BCUT2D eigenvalue weighted by atomic mass is 15.1. The summed E-state index contributed by atoms with van der Waals surface area (Å²) in [6.07, 6.45) is 4.74. The molecular weight excluding hydrogens is 220 g/mol. The van der Waals surface area contributed by atoms with Gasteiger partial charge in [0.15, 0.2) is 0 Å². The maximum absolute atomic E-state index is 6.08. The third-order valence-electron chi connectivity index (χ3n) is 4.27. The third kappa shape index (κ3) is 2.93. The number of benzene rings is 1. The van der Waals surface area contributed by atoms with Crippen molar-refractivity contribution in [2.75, 3.05) is 20.6 Å². The molecule has 0 spiro atoms. The maximum Gasteiger partial charge on any atom is 0.00812 e. The Hall–Kier alpha value is -0.860. The van der Waals surface area contributed by atoms with Gasteiger partial charge in [-0.05, 0) is 52.3 Å². The molecule has 0 heterocycles. The van der Waals surface area contributed by atoms with E-state index in [1.165, 1.54) is 24.0 Å². The molecule has 0 saturated heterocycles. The van der Waals surface area contributed by atoms with E-state index < -0.39 is 0 Å². The highest BCUT2D eigenvalue weighted by molar-refractivity contribution is 5.30. The molecule has 1 aromatic rings. The third-order valence-corrected chi connectivity index (χ3v) is 4.27. The van der Waals surface area contributed by atoms with Crippen LogP contribution in [-0.2, 0) is 5.41 Å². The molecule has 2 rings (SSSR count). The van der Waals surface area contributed by atoms with Gasteiger partial charge in [0.2, 0.25) is 0 Å². The fourth-order valence-corrected chi connectivity index (χ4v) is 3.24. The Morgan fingerprint density at radius 3 is 2.22 bits per heavy atom. The average Bonchev–Trinajstić information content (AvgIpc) is 2.33. The van der Waals surface area contributed by atoms with Crippen molar-refractivity contribution in [2.45, 2.75) is 44.1 Å². The van der Waals surface area contributed by atoms with E-state index in [9.17, 15) is 0 Å². The number of nitrogens with zero attached hydrogens (tertiary/aromatic N) is 1. The van der Waals surface area contributed by atoms with Gasteiger partial charge in [0.05, 0.1) is 0 Å². The lowest BCUT2D eigenvalue weighted by molar-refractivity contribution is 0.204. The van der Waals surface area contributed by atoms with E-state index in [0.717, 1.165) is 19.4 Å². The van der Waals surface area contributed by atoms with Crippen LogP contribution in [0.5, 0.6) is 0 Å². The first kappa shape index (κ1) is 13.6. The average molecular weight is 246 g/mol. The largest absolute Gasteiger partial charge is 0.328 e. The van der Waals surface area contributed by atoms with E-state index in [2.05, 4.69) is 50.2 Å². The topological polar surface area (TPSA) is 29.3 Å². The fourth-order valence-electron chi connectivity index (χ4n) is 3.24. The van der Waals surface area contributed by atoms with Gasteiger partial charge >= 0.3 is 0 Å². The lowest BCUT2D eigenvalue weighted by Gasteiger charge is -2.41. The van der Waals surface area contributed by atoms with Gasteiger partial charge < -0.3 is 10.6 Å². The highest BCUT2D eigenvalue weighted by Gasteiger charge is 2.36. The Morgan fingerprint density at radius 1 is 1.17 bits per heavy atom. The van der Waals surface area contributed by atoms with Gasteiger partial charge in [-0.15, -0.1) is 0 Å². The summed E-state index contributed by atoms with van der Waals surface area (Å²) in [6.45, 7) is 3.28. The minimum absolute atomic E-state index is 0.313. The second-order valence-corrected chi connectivity index (χ2v) is 6.22. The summed E-state index contributed by atoms with van der Waals surface area (Å²) < 4.78 is 0. The lowest BCUT2D eigenvalue weighted by Crippen LogP contribution is -2.43. The predicted molar refractivity (Wildman–Crippen MR) is 77.9 cm³/mol. The number of rotatable bonds is 3. The predicted octanol–water partition coefficient (Wildman–Crippen LogP) is 2.70. The second kappa shape index (κ2) is 5.41. The molecule has 1 aromatic carbocycles. The van der Waals surface area contributed by atoms with Crippen molar-refractivity contribution in [1.82, 2.24) is 4.90 Å². The van der Waals surface area contributed by atoms with Gasteiger partial charge in [0.1, 0.15) is 0 Å². The SMILES string of the molecule is Cc1ccc(C2(CN(C)C)CCC(N)CC2)cc1. The quantitative estimate of drug-likeness (QED) is 0.888. The molecule has 1 fully saturated rings. The first-order valence-electron chi connectivity index (χ1n) is 6.99. The maximum atomic E-state index is 6.08. The second-order valence-electron chi connectivity index (χ2n) is 6.22. The lowest BCUT2D eigenvalue weighted by atomic mass is 9.68. The molecule has 0 atom stereocenters. The zero-order chi connectivity index (χ0) is 13.2. The van der Waals surface area contributed by atoms with Crippen LogP contribution < -0.4 is 5.73 Å². The first-order valence-corrected chi connectivity index (χ1v) is 6.99. The smallest absolute Gasteiger partial charge is 0.00812 e. The van der Waals surface area contributed by atoms with Crippen LogP contribution in [0.4, 0.5) is 0 Å². The number of nitrogens with two attached hydrogens (primary N) is 1. The monoisotopic (exact) mass is 246 g/mol. The highest BCUT2D eigenvalue weighted by Crippen LogP contribution is 2.39. The summed E-state index contributed by atoms with van der Waals surface area (Å²) in [4.78, 5) is 2.32. The Kier molecular flexibility index (Phi) is 4.08. The van der Waals surface area contributed by atoms with E-state index in [1.807, 2.05) is 0 Å². The van der Waals surface area contributed by atoms with Gasteiger partial charge in [-0.3, -0.25) is 0 Å². The summed E-state index contributed by atoms with van der Waals surface area (Å²) in [5, 5.41) is 0. The zero-order valence-corrected chi connectivity index (χ0v) is 11.9. The van der Waals surface area contributed by atoms with Crippen molar-refractivity contribution in [2.24, 2.45) is 5.73 Å². The van der Waals surface area contributed by atoms with Crippen LogP contribution >= 0.6 is 0 Å². The van der Waals surface area contributed by atoms with Crippen LogP contribution in [0.2, 0.25) is 0 Å². The van der Waals surface area contributed by atoms with E-state index in [-0.39, 0.29) is 0 Å². The van der Waals surface area contributed by atoms with Crippen molar-refractivity contribution in [1.29, 1.82) is 0 Å². The molecule has 1 aliphatic rings. The van der Waals surface area contributed by atoms with Crippen molar-refractivity contribution < 1.29 is 0 Å². The summed E-state index contributed by atoms with van der Waals surface area (Å²) in [5.74, 6) is 0. The molecule has 0 bridgehead atoms. The van der Waals surface area contributed by atoms with Gasteiger partial charge in [0.25, 0.3) is 0 Å². The Morgan fingerprint density at radius 2 is 1.72 bits per heavy atom. The summed E-state index contributed by atoms with van der Waals surface area (Å²) in [6, 6.07) is 9.51. The van der Waals surface area contributed by atoms with E-state index in [4.69, 9.17) is 5.73 Å². The van der Waals surface area contributed by atoms with Crippen molar-refractivity contribution in [3.8, 4) is 0 Å². The summed E-state index contributed by atoms with van der Waals surface area (Å²) >= 11 is 0. The van der Waals surface area contributed by atoms with Crippen molar-refractivity contribution in [3.05, 3.63) is 35.4 Å². The first-order chi connectivity index (χ1) is 8.52. The van der Waals surface area contributed by atoms with Gasteiger partial charge in [-0.2, -0.15) is 0 Å². The molecule has 2 heteroatoms. The molecule has 100 valence electrons. The fraction of sp³-hybridized carbons (Fsp3) is 0.625. The number of hydrogen-bond donors (Lipinski definition) is 1. The molecule has 0 aromatic heterocycles. The molecule has 0 unspecified atom stereocenters. The van der Waals surface area contributed by atoms with E-state index in [0.29, 0.717) is 11.5 Å². The molecule has 2 N–H and O–H groups in total. The van der Waals surface area contributed by atoms with Gasteiger partial charge in [-0.25, -0.2) is 0 Å². The van der Waals surface area contributed by atoms with Crippen LogP contribution in [0.15, 0.2) is 24.3 Å². The Labute approximate surface area is 111 Å². The molecular formula is C16H26N2. The standard InChI is InChI=1S/C16H26N2/c1-13-4-6-14(7-5-13)16(12-18(2)3)10-8-15(17)9-11-16/h4-7,15H,8-12,17H2,1-3H3. The number of likely N-dealkylation sites (N-methyl/N-ethyl adjacent to an activating group) is 1. The minimum atomic E-state index is 0.313. The van der Waals surface area contributed by atoms with Gasteiger partial charge in [-0.1, -0.05) is 29.8 Å². The zero-order valence-electron chi connectivity index (χ0n) is 11.9. The number of aryl methyl sites for hydroxylation is 1. The van der Waals surface area contributed by atoms with E-state index in [1.54, 1.807) is 0 Å². The Bertz CT molecular complexity index is 373. The van der Waals surface area contributed by atoms with Gasteiger partial charge in [0, 0.05) is 18.0 Å². The van der Waals surface area contributed by atoms with Crippen molar-refractivity contribution in [3.63, 3.8) is 0 Å². The van der Waals surface area contributed by atoms with Crippen LogP contribution in [0.3, 0.4) is 0 Å². The summed E-state index contributed by atoms with van der Waals surface area (Å²) in [7, 11) is 4.34. The molecule has 0 amide bonds. The van der Waals surface area contributed by atoms with Crippen LogP contribution in [0.25, 0.3) is 0 Å².